The predicted octanol–water partition coefficient (Wildman–Crippen LogP) is 2.84. The minimum absolute atomic E-state index is 0.00431. The van der Waals surface area contributed by atoms with Gasteiger partial charge in [-0.1, -0.05) is 48.5 Å². The lowest BCUT2D eigenvalue weighted by atomic mass is 10.1. The summed E-state index contributed by atoms with van der Waals surface area (Å²) in [5.74, 6) is 0. The molecule has 0 saturated carbocycles. The molecule has 3 rings (SSSR count). The van der Waals surface area contributed by atoms with E-state index < -0.39 is 10.0 Å². The fourth-order valence-electron chi connectivity index (χ4n) is 2.46. The van der Waals surface area contributed by atoms with Crippen LogP contribution in [0.5, 0.6) is 0 Å². The zero-order valence-corrected chi connectivity index (χ0v) is 13.2. The van der Waals surface area contributed by atoms with Gasteiger partial charge in [0, 0.05) is 12.6 Å². The fourth-order valence-corrected chi connectivity index (χ4v) is 4.14. The molecular formula is C17H19NO3S. The third-order valence-electron chi connectivity index (χ3n) is 3.85. The lowest BCUT2D eigenvalue weighted by molar-refractivity contribution is 0.295. The molecule has 4 nitrogen and oxygen atoms in total. The third kappa shape index (κ3) is 3.21. The molecule has 1 fully saturated rings. The lowest BCUT2D eigenvalue weighted by Gasteiger charge is -2.28. The van der Waals surface area contributed by atoms with Crippen LogP contribution in [0.25, 0.3) is 0 Å². The smallest absolute Gasteiger partial charge is 0.243 e. The predicted molar refractivity (Wildman–Crippen MR) is 84.9 cm³/mol. The quantitative estimate of drug-likeness (QED) is 0.770. The highest BCUT2D eigenvalue weighted by atomic mass is 32.2. The van der Waals surface area contributed by atoms with Gasteiger partial charge in [0.2, 0.25) is 10.0 Å². The molecule has 5 heteroatoms. The first-order valence-electron chi connectivity index (χ1n) is 7.32. The molecule has 1 saturated heterocycles. The number of hydrogen-bond donors (Lipinski definition) is 0. The number of epoxide rings is 1. The summed E-state index contributed by atoms with van der Waals surface area (Å²) < 4.78 is 32.7. The van der Waals surface area contributed by atoms with Gasteiger partial charge in [-0.15, -0.1) is 0 Å². The van der Waals surface area contributed by atoms with E-state index in [1.54, 1.807) is 24.3 Å². The van der Waals surface area contributed by atoms with Crippen LogP contribution in [0.4, 0.5) is 0 Å². The molecule has 0 spiro atoms. The number of rotatable bonds is 6. The van der Waals surface area contributed by atoms with Crippen molar-refractivity contribution in [1.29, 1.82) is 0 Å². The summed E-state index contributed by atoms with van der Waals surface area (Å²) in [6.07, 6.45) is 0.00431. The van der Waals surface area contributed by atoms with Gasteiger partial charge in [-0.3, -0.25) is 0 Å². The number of sulfonamides is 1. The molecule has 0 N–H and O–H groups in total. The van der Waals surface area contributed by atoms with Crippen molar-refractivity contribution in [3.63, 3.8) is 0 Å². The molecule has 22 heavy (non-hydrogen) atoms. The van der Waals surface area contributed by atoms with Crippen LogP contribution in [0.15, 0.2) is 65.6 Å². The Balaban J connectivity index is 1.96. The van der Waals surface area contributed by atoms with Gasteiger partial charge in [-0.25, -0.2) is 8.42 Å². The SMILES string of the molecule is CC(c1ccccc1)N(CC1CO1)S(=O)(=O)c1ccccc1. The highest BCUT2D eigenvalue weighted by Gasteiger charge is 2.36. The monoisotopic (exact) mass is 317 g/mol. The Hall–Kier alpha value is -1.69. The number of ether oxygens (including phenoxy) is 1. The molecular weight excluding hydrogens is 298 g/mol. The van der Waals surface area contributed by atoms with Crippen molar-refractivity contribution >= 4 is 10.0 Å². The van der Waals surface area contributed by atoms with Crippen LogP contribution >= 0.6 is 0 Å². The Bertz CT molecular complexity index is 712. The van der Waals surface area contributed by atoms with E-state index in [9.17, 15) is 8.42 Å². The Morgan fingerprint density at radius 1 is 1.09 bits per heavy atom. The molecule has 1 aliphatic heterocycles. The van der Waals surface area contributed by atoms with E-state index in [0.29, 0.717) is 18.0 Å². The standard InChI is InChI=1S/C17H19NO3S/c1-14(15-8-4-2-5-9-15)18(12-16-13-21-16)22(19,20)17-10-6-3-7-11-17/h2-11,14,16H,12-13H2,1H3. The second-order valence-corrected chi connectivity index (χ2v) is 7.32. The van der Waals surface area contributed by atoms with Gasteiger partial charge in [0.15, 0.2) is 0 Å². The molecule has 1 heterocycles. The van der Waals surface area contributed by atoms with E-state index in [4.69, 9.17) is 4.74 Å². The van der Waals surface area contributed by atoms with Gasteiger partial charge in [0.25, 0.3) is 0 Å². The van der Waals surface area contributed by atoms with Crippen LogP contribution in [0.2, 0.25) is 0 Å². The summed E-state index contributed by atoms with van der Waals surface area (Å²) >= 11 is 0. The number of benzene rings is 2. The van der Waals surface area contributed by atoms with Crippen molar-refractivity contribution < 1.29 is 13.2 Å². The van der Waals surface area contributed by atoms with Crippen molar-refractivity contribution in [3.05, 3.63) is 66.2 Å². The van der Waals surface area contributed by atoms with Crippen molar-refractivity contribution in [3.8, 4) is 0 Å². The molecule has 2 aromatic carbocycles. The molecule has 1 aliphatic rings. The van der Waals surface area contributed by atoms with E-state index in [1.165, 1.54) is 4.31 Å². The molecule has 2 aromatic rings. The Kier molecular flexibility index (Phi) is 4.29. The van der Waals surface area contributed by atoms with E-state index in [1.807, 2.05) is 43.3 Å². The first-order chi connectivity index (χ1) is 10.6. The topological polar surface area (TPSA) is 49.9 Å². The summed E-state index contributed by atoms with van der Waals surface area (Å²) in [5, 5.41) is 0. The molecule has 0 amide bonds. The highest BCUT2D eigenvalue weighted by molar-refractivity contribution is 7.89. The molecule has 0 bridgehead atoms. The minimum atomic E-state index is -3.55. The zero-order chi connectivity index (χ0) is 15.6. The Labute approximate surface area is 131 Å². The average molecular weight is 317 g/mol. The normalized spacial score (nSPS) is 19.1. The first kappa shape index (κ1) is 15.2. The van der Waals surface area contributed by atoms with Gasteiger partial charge >= 0.3 is 0 Å². The van der Waals surface area contributed by atoms with E-state index in [0.717, 1.165) is 5.56 Å². The van der Waals surface area contributed by atoms with E-state index in [-0.39, 0.29) is 12.1 Å². The van der Waals surface area contributed by atoms with Gasteiger partial charge < -0.3 is 4.74 Å². The second kappa shape index (κ2) is 6.20. The summed E-state index contributed by atoms with van der Waals surface area (Å²) in [4.78, 5) is 0.318. The van der Waals surface area contributed by atoms with Gasteiger partial charge in [0.1, 0.15) is 0 Å². The first-order valence-corrected chi connectivity index (χ1v) is 8.76. The zero-order valence-electron chi connectivity index (χ0n) is 12.4. The Morgan fingerprint density at radius 2 is 1.64 bits per heavy atom. The number of hydrogen-bond acceptors (Lipinski definition) is 3. The second-order valence-electron chi connectivity index (χ2n) is 5.43. The molecule has 2 unspecified atom stereocenters. The maximum absolute atomic E-state index is 13.0. The van der Waals surface area contributed by atoms with E-state index >= 15 is 0 Å². The van der Waals surface area contributed by atoms with Gasteiger partial charge in [-0.2, -0.15) is 4.31 Å². The minimum Gasteiger partial charge on any atom is -0.372 e. The van der Waals surface area contributed by atoms with Crippen LogP contribution in [-0.2, 0) is 14.8 Å². The summed E-state index contributed by atoms with van der Waals surface area (Å²) in [6.45, 7) is 2.92. The lowest BCUT2D eigenvalue weighted by Crippen LogP contribution is -2.36. The molecule has 0 aromatic heterocycles. The maximum atomic E-state index is 13.0. The summed E-state index contributed by atoms with van der Waals surface area (Å²) in [7, 11) is -3.55. The summed E-state index contributed by atoms with van der Waals surface area (Å²) in [5.41, 5.74) is 0.975. The van der Waals surface area contributed by atoms with Crippen LogP contribution in [0, 0.1) is 0 Å². The molecule has 116 valence electrons. The molecule has 2 atom stereocenters. The van der Waals surface area contributed by atoms with Crippen LogP contribution in [0.3, 0.4) is 0 Å². The molecule has 0 aliphatic carbocycles. The number of nitrogens with zero attached hydrogens (tertiary/aromatic N) is 1. The van der Waals surface area contributed by atoms with Crippen molar-refractivity contribution in [2.75, 3.05) is 13.2 Å². The van der Waals surface area contributed by atoms with Crippen molar-refractivity contribution in [2.24, 2.45) is 0 Å². The van der Waals surface area contributed by atoms with Gasteiger partial charge in [0.05, 0.1) is 17.6 Å². The van der Waals surface area contributed by atoms with Crippen molar-refractivity contribution in [2.45, 2.75) is 24.0 Å². The average Bonchev–Trinajstić information content (AvgIpc) is 3.38. The van der Waals surface area contributed by atoms with Crippen LogP contribution < -0.4 is 0 Å². The molecule has 0 radical (unpaired) electrons. The third-order valence-corrected chi connectivity index (χ3v) is 5.80. The van der Waals surface area contributed by atoms with Crippen LogP contribution in [-0.4, -0.2) is 32.0 Å². The summed E-state index contributed by atoms with van der Waals surface area (Å²) in [6, 6.07) is 18.0. The van der Waals surface area contributed by atoms with E-state index in [2.05, 4.69) is 0 Å². The highest BCUT2D eigenvalue weighted by Crippen LogP contribution is 2.29. The van der Waals surface area contributed by atoms with Crippen LogP contribution in [0.1, 0.15) is 18.5 Å². The van der Waals surface area contributed by atoms with Crippen molar-refractivity contribution in [1.82, 2.24) is 4.31 Å². The van der Waals surface area contributed by atoms with Gasteiger partial charge in [-0.05, 0) is 24.6 Å². The fraction of sp³-hybridized carbons (Fsp3) is 0.294. The Morgan fingerprint density at radius 3 is 2.18 bits per heavy atom. The largest absolute Gasteiger partial charge is 0.372 e. The maximum Gasteiger partial charge on any atom is 0.243 e.